The first-order valence-electron chi connectivity index (χ1n) is 6.04. The lowest BCUT2D eigenvalue weighted by atomic mass is 9.91. The van der Waals surface area contributed by atoms with Crippen molar-refractivity contribution < 1.29 is 4.74 Å². The van der Waals surface area contributed by atoms with Crippen LogP contribution >= 0.6 is 0 Å². The van der Waals surface area contributed by atoms with Gasteiger partial charge in [0.15, 0.2) is 0 Å². The predicted octanol–water partition coefficient (Wildman–Crippen LogP) is 0.798. The predicted molar refractivity (Wildman–Crippen MR) is 67.7 cm³/mol. The zero-order chi connectivity index (χ0) is 12.4. The third kappa shape index (κ3) is 2.02. The zero-order valence-electron chi connectivity index (χ0n) is 10.3. The second-order valence-electron chi connectivity index (χ2n) is 4.66. The molecule has 5 nitrogen and oxygen atoms in total. The summed E-state index contributed by atoms with van der Waals surface area (Å²) in [7, 11) is 1.75. The van der Waals surface area contributed by atoms with E-state index in [1.54, 1.807) is 11.8 Å². The number of nitrogens with one attached hydrogen (secondary N) is 1. The van der Waals surface area contributed by atoms with E-state index in [4.69, 9.17) is 4.74 Å². The van der Waals surface area contributed by atoms with Gasteiger partial charge in [0.2, 0.25) is 0 Å². The molecule has 0 saturated carbocycles. The SMILES string of the molecule is COC1(Cc2cn(-c3ccccc3)nn2)CNC1. The molecule has 1 aromatic heterocycles. The fraction of sp³-hybridized carbons (Fsp3) is 0.385. The average molecular weight is 244 g/mol. The summed E-state index contributed by atoms with van der Waals surface area (Å²) in [5.74, 6) is 0. The molecule has 1 N–H and O–H groups in total. The van der Waals surface area contributed by atoms with Crippen molar-refractivity contribution in [2.75, 3.05) is 20.2 Å². The van der Waals surface area contributed by atoms with E-state index in [0.717, 1.165) is 30.9 Å². The van der Waals surface area contributed by atoms with Gasteiger partial charge in [-0.2, -0.15) is 0 Å². The monoisotopic (exact) mass is 244 g/mol. The number of aromatic nitrogens is 3. The third-order valence-corrected chi connectivity index (χ3v) is 3.39. The average Bonchev–Trinajstić information content (AvgIpc) is 2.83. The first kappa shape index (κ1) is 11.4. The molecule has 0 bridgehead atoms. The first-order valence-corrected chi connectivity index (χ1v) is 6.04. The maximum absolute atomic E-state index is 5.55. The van der Waals surface area contributed by atoms with Gasteiger partial charge < -0.3 is 10.1 Å². The molecule has 1 aromatic carbocycles. The molecule has 94 valence electrons. The maximum atomic E-state index is 5.55. The van der Waals surface area contributed by atoms with E-state index in [-0.39, 0.29) is 5.60 Å². The van der Waals surface area contributed by atoms with Crippen LogP contribution in [0.25, 0.3) is 5.69 Å². The van der Waals surface area contributed by atoms with E-state index in [1.807, 2.05) is 36.5 Å². The number of nitrogens with zero attached hydrogens (tertiary/aromatic N) is 3. The molecule has 2 aromatic rings. The van der Waals surface area contributed by atoms with Crippen molar-refractivity contribution in [1.82, 2.24) is 20.3 Å². The van der Waals surface area contributed by atoms with Gasteiger partial charge in [-0.3, -0.25) is 0 Å². The Morgan fingerprint density at radius 2 is 2.11 bits per heavy atom. The van der Waals surface area contributed by atoms with Gasteiger partial charge in [-0.15, -0.1) is 5.10 Å². The third-order valence-electron chi connectivity index (χ3n) is 3.39. The Bertz CT molecular complexity index is 513. The van der Waals surface area contributed by atoms with Crippen molar-refractivity contribution >= 4 is 0 Å². The van der Waals surface area contributed by atoms with E-state index >= 15 is 0 Å². The van der Waals surface area contributed by atoms with Crippen molar-refractivity contribution in [3.05, 3.63) is 42.2 Å². The molecule has 2 heterocycles. The molecule has 0 atom stereocenters. The van der Waals surface area contributed by atoms with Crippen LogP contribution in [0.5, 0.6) is 0 Å². The Labute approximate surface area is 106 Å². The van der Waals surface area contributed by atoms with Gasteiger partial charge in [0, 0.05) is 26.6 Å². The smallest absolute Gasteiger partial charge is 0.0982 e. The van der Waals surface area contributed by atoms with E-state index in [1.165, 1.54) is 0 Å². The van der Waals surface area contributed by atoms with Crippen LogP contribution in [-0.2, 0) is 11.2 Å². The molecule has 1 saturated heterocycles. The van der Waals surface area contributed by atoms with Gasteiger partial charge in [0.25, 0.3) is 0 Å². The number of benzene rings is 1. The number of ether oxygens (including phenoxy) is 1. The lowest BCUT2D eigenvalue weighted by molar-refractivity contribution is -0.0508. The number of rotatable bonds is 4. The first-order chi connectivity index (χ1) is 8.81. The van der Waals surface area contributed by atoms with Crippen LogP contribution < -0.4 is 5.32 Å². The van der Waals surface area contributed by atoms with Gasteiger partial charge in [-0.1, -0.05) is 23.4 Å². The van der Waals surface area contributed by atoms with Crippen LogP contribution in [0.15, 0.2) is 36.5 Å². The van der Waals surface area contributed by atoms with Gasteiger partial charge in [-0.25, -0.2) is 4.68 Å². The molecule has 1 fully saturated rings. The lowest BCUT2D eigenvalue weighted by Crippen LogP contribution is -2.61. The summed E-state index contributed by atoms with van der Waals surface area (Å²) in [4.78, 5) is 0. The summed E-state index contributed by atoms with van der Waals surface area (Å²) in [5, 5.41) is 11.6. The maximum Gasteiger partial charge on any atom is 0.0982 e. The number of para-hydroxylation sites is 1. The van der Waals surface area contributed by atoms with Crippen LogP contribution in [0.4, 0.5) is 0 Å². The quantitative estimate of drug-likeness (QED) is 0.864. The highest BCUT2D eigenvalue weighted by atomic mass is 16.5. The van der Waals surface area contributed by atoms with Crippen molar-refractivity contribution in [3.8, 4) is 5.69 Å². The minimum atomic E-state index is -0.0997. The Kier molecular flexibility index (Phi) is 2.85. The van der Waals surface area contributed by atoms with Gasteiger partial charge >= 0.3 is 0 Å². The Hall–Kier alpha value is -1.72. The minimum Gasteiger partial charge on any atom is -0.375 e. The molecular formula is C13H16N4O. The Morgan fingerprint density at radius 3 is 2.72 bits per heavy atom. The molecular weight excluding hydrogens is 228 g/mol. The topological polar surface area (TPSA) is 52.0 Å². The fourth-order valence-electron chi connectivity index (χ4n) is 2.16. The molecule has 0 spiro atoms. The summed E-state index contributed by atoms with van der Waals surface area (Å²) in [5.41, 5.74) is 1.88. The summed E-state index contributed by atoms with van der Waals surface area (Å²) >= 11 is 0. The van der Waals surface area contributed by atoms with Crippen LogP contribution in [0.2, 0.25) is 0 Å². The highest BCUT2D eigenvalue weighted by Crippen LogP contribution is 2.20. The van der Waals surface area contributed by atoms with E-state index < -0.39 is 0 Å². The standard InChI is InChI=1S/C13H16N4O/c1-18-13(9-14-10-13)7-11-8-17(16-15-11)12-5-3-2-4-6-12/h2-6,8,14H,7,9-10H2,1H3. The molecule has 0 unspecified atom stereocenters. The molecule has 1 aliphatic heterocycles. The largest absolute Gasteiger partial charge is 0.375 e. The van der Waals surface area contributed by atoms with E-state index in [2.05, 4.69) is 15.6 Å². The van der Waals surface area contributed by atoms with Crippen molar-refractivity contribution in [2.45, 2.75) is 12.0 Å². The van der Waals surface area contributed by atoms with Crippen LogP contribution in [0.3, 0.4) is 0 Å². The zero-order valence-corrected chi connectivity index (χ0v) is 10.3. The Morgan fingerprint density at radius 1 is 1.33 bits per heavy atom. The second-order valence-corrected chi connectivity index (χ2v) is 4.66. The van der Waals surface area contributed by atoms with E-state index in [0.29, 0.717) is 0 Å². The highest BCUT2D eigenvalue weighted by Gasteiger charge is 2.37. The van der Waals surface area contributed by atoms with Crippen LogP contribution in [0, 0.1) is 0 Å². The molecule has 1 aliphatic rings. The Balaban J connectivity index is 1.78. The molecule has 0 amide bonds. The van der Waals surface area contributed by atoms with Crippen LogP contribution in [-0.4, -0.2) is 40.8 Å². The number of hydrogen-bond acceptors (Lipinski definition) is 4. The minimum absolute atomic E-state index is 0.0997. The molecule has 3 rings (SSSR count). The summed E-state index contributed by atoms with van der Waals surface area (Å²) in [6, 6.07) is 9.98. The van der Waals surface area contributed by atoms with Crippen LogP contribution in [0.1, 0.15) is 5.69 Å². The van der Waals surface area contributed by atoms with Crippen molar-refractivity contribution in [1.29, 1.82) is 0 Å². The second kappa shape index (κ2) is 4.51. The summed E-state index contributed by atoms with van der Waals surface area (Å²) in [6.07, 6.45) is 2.76. The molecule has 0 aliphatic carbocycles. The molecule has 5 heteroatoms. The summed E-state index contributed by atoms with van der Waals surface area (Å²) < 4.78 is 7.35. The van der Waals surface area contributed by atoms with Gasteiger partial charge in [0.05, 0.1) is 23.2 Å². The van der Waals surface area contributed by atoms with Gasteiger partial charge in [0.1, 0.15) is 0 Å². The molecule has 0 radical (unpaired) electrons. The van der Waals surface area contributed by atoms with Crippen molar-refractivity contribution in [3.63, 3.8) is 0 Å². The molecule has 18 heavy (non-hydrogen) atoms. The van der Waals surface area contributed by atoms with Gasteiger partial charge in [-0.05, 0) is 12.1 Å². The summed E-state index contributed by atoms with van der Waals surface area (Å²) in [6.45, 7) is 1.75. The fourth-order valence-corrected chi connectivity index (χ4v) is 2.16. The lowest BCUT2D eigenvalue weighted by Gasteiger charge is -2.40. The highest BCUT2D eigenvalue weighted by molar-refractivity contribution is 5.30. The van der Waals surface area contributed by atoms with Crippen molar-refractivity contribution in [2.24, 2.45) is 0 Å². The normalized spacial score (nSPS) is 17.4. The number of hydrogen-bond donors (Lipinski definition) is 1. The number of methoxy groups -OCH3 is 1. The van der Waals surface area contributed by atoms with E-state index in [9.17, 15) is 0 Å².